The number of allylic oxidation sites excluding steroid dienone is 2. The van der Waals surface area contributed by atoms with Crippen LogP contribution in [0.5, 0.6) is 0 Å². The Morgan fingerprint density at radius 3 is 2.19 bits per heavy atom. The number of hydrogen-bond acceptors (Lipinski definition) is 6. The van der Waals surface area contributed by atoms with Crippen LogP contribution in [0.1, 0.15) is 25.3 Å². The maximum absolute atomic E-state index is 12.7. The van der Waals surface area contributed by atoms with E-state index in [0.29, 0.717) is 44.7 Å². The molecule has 1 aromatic rings. The van der Waals surface area contributed by atoms with Crippen molar-refractivity contribution in [3.63, 3.8) is 0 Å². The average molecular weight is 462 g/mol. The summed E-state index contributed by atoms with van der Waals surface area (Å²) >= 11 is 0. The van der Waals surface area contributed by atoms with Gasteiger partial charge in [-0.2, -0.15) is 4.31 Å². The SMILES string of the molecule is C[C@H](C(=O)NCc1ccc(S(=O)(=O)N2CCOCC2)cc1)N1C(=O)[C@H]2CC=CC[C@@H]2C1=O. The van der Waals surface area contributed by atoms with Crippen molar-refractivity contribution >= 4 is 27.7 Å². The molecule has 0 unspecified atom stereocenters. The number of amides is 3. The molecule has 1 N–H and O–H groups in total. The number of sulfonamides is 1. The molecule has 3 atom stereocenters. The fourth-order valence-corrected chi connectivity index (χ4v) is 5.79. The molecule has 0 aromatic heterocycles. The zero-order valence-corrected chi connectivity index (χ0v) is 18.7. The largest absolute Gasteiger partial charge is 0.379 e. The van der Waals surface area contributed by atoms with Crippen LogP contribution in [0.15, 0.2) is 41.3 Å². The highest BCUT2D eigenvalue weighted by molar-refractivity contribution is 7.89. The molecule has 0 radical (unpaired) electrons. The predicted molar refractivity (Wildman–Crippen MR) is 115 cm³/mol. The Morgan fingerprint density at radius 1 is 1.06 bits per heavy atom. The van der Waals surface area contributed by atoms with Crippen LogP contribution in [0, 0.1) is 11.8 Å². The topological polar surface area (TPSA) is 113 Å². The fourth-order valence-electron chi connectivity index (χ4n) is 4.38. The second-order valence-electron chi connectivity index (χ2n) is 8.26. The number of ether oxygens (including phenoxy) is 1. The summed E-state index contributed by atoms with van der Waals surface area (Å²) in [6, 6.07) is 5.42. The molecule has 2 fully saturated rings. The number of fused-ring (bicyclic) bond motifs is 1. The van der Waals surface area contributed by atoms with Crippen molar-refractivity contribution < 1.29 is 27.5 Å². The Morgan fingerprint density at radius 2 is 1.62 bits per heavy atom. The molecule has 2 aliphatic heterocycles. The van der Waals surface area contributed by atoms with E-state index in [1.807, 2.05) is 12.2 Å². The van der Waals surface area contributed by atoms with Crippen molar-refractivity contribution in [2.75, 3.05) is 26.3 Å². The zero-order valence-electron chi connectivity index (χ0n) is 17.9. The van der Waals surface area contributed by atoms with Gasteiger partial charge in [0.15, 0.2) is 0 Å². The minimum atomic E-state index is -3.58. The van der Waals surface area contributed by atoms with Crippen LogP contribution in [0.4, 0.5) is 0 Å². The van der Waals surface area contributed by atoms with Gasteiger partial charge in [0.2, 0.25) is 27.7 Å². The Balaban J connectivity index is 1.36. The maximum atomic E-state index is 12.7. The number of imide groups is 1. The zero-order chi connectivity index (χ0) is 22.9. The predicted octanol–water partition coefficient (Wildman–Crippen LogP) is 0.663. The monoisotopic (exact) mass is 461 g/mol. The first kappa shape index (κ1) is 22.6. The second kappa shape index (κ2) is 9.13. The Bertz CT molecular complexity index is 1000. The van der Waals surface area contributed by atoms with Gasteiger partial charge in [-0.15, -0.1) is 0 Å². The summed E-state index contributed by atoms with van der Waals surface area (Å²) in [5, 5.41) is 2.74. The standard InChI is InChI=1S/C22H27N3O6S/c1-15(25-21(27)18-4-2-3-5-19(18)22(25)28)20(26)23-14-16-6-8-17(9-7-16)32(29,30)24-10-12-31-13-11-24/h2-3,6-9,15,18-19H,4-5,10-14H2,1H3,(H,23,26)/t15-,18+,19+/m1/s1. The molecule has 32 heavy (non-hydrogen) atoms. The molecule has 0 spiro atoms. The van der Waals surface area contributed by atoms with Crippen LogP contribution in [-0.2, 0) is 35.7 Å². The van der Waals surface area contributed by atoms with Gasteiger partial charge < -0.3 is 10.1 Å². The van der Waals surface area contributed by atoms with Gasteiger partial charge in [-0.3, -0.25) is 19.3 Å². The highest BCUT2D eigenvalue weighted by atomic mass is 32.2. The molecule has 3 amide bonds. The molecule has 2 heterocycles. The molecule has 4 rings (SSSR count). The number of nitrogens with zero attached hydrogens (tertiary/aromatic N) is 2. The number of hydrogen-bond donors (Lipinski definition) is 1. The molecule has 172 valence electrons. The third-order valence-electron chi connectivity index (χ3n) is 6.31. The summed E-state index contributed by atoms with van der Waals surface area (Å²) in [4.78, 5) is 39.2. The van der Waals surface area contributed by atoms with Gasteiger partial charge in [0, 0.05) is 19.6 Å². The Labute approximate surface area is 187 Å². The van der Waals surface area contributed by atoms with E-state index < -0.39 is 22.0 Å². The first-order valence-corrected chi connectivity index (χ1v) is 12.2. The number of rotatable bonds is 6. The lowest BCUT2D eigenvalue weighted by molar-refractivity contribution is -0.147. The van der Waals surface area contributed by atoms with Crippen LogP contribution < -0.4 is 5.32 Å². The van der Waals surface area contributed by atoms with Crippen LogP contribution in [0.2, 0.25) is 0 Å². The number of morpholine rings is 1. The van der Waals surface area contributed by atoms with E-state index >= 15 is 0 Å². The van der Waals surface area contributed by atoms with Crippen LogP contribution in [0.25, 0.3) is 0 Å². The van der Waals surface area contributed by atoms with Crippen molar-refractivity contribution in [1.82, 2.24) is 14.5 Å². The van der Waals surface area contributed by atoms with E-state index in [1.165, 1.54) is 16.4 Å². The van der Waals surface area contributed by atoms with Crippen LogP contribution in [0.3, 0.4) is 0 Å². The molecule has 0 saturated carbocycles. The summed E-state index contributed by atoms with van der Waals surface area (Å²) in [7, 11) is -3.58. The van der Waals surface area contributed by atoms with Crippen molar-refractivity contribution in [2.24, 2.45) is 11.8 Å². The molecular weight excluding hydrogens is 434 g/mol. The van der Waals surface area contributed by atoms with Gasteiger partial charge in [-0.1, -0.05) is 24.3 Å². The summed E-state index contributed by atoms with van der Waals surface area (Å²) in [6.45, 7) is 3.11. The van der Waals surface area contributed by atoms with Gasteiger partial charge in [0.25, 0.3) is 0 Å². The molecule has 1 aliphatic carbocycles. The van der Waals surface area contributed by atoms with Crippen LogP contribution >= 0.6 is 0 Å². The molecule has 0 bridgehead atoms. The van der Waals surface area contributed by atoms with Gasteiger partial charge >= 0.3 is 0 Å². The fraction of sp³-hybridized carbons (Fsp3) is 0.500. The second-order valence-corrected chi connectivity index (χ2v) is 10.2. The van der Waals surface area contributed by atoms with E-state index in [-0.39, 0.29) is 35.1 Å². The maximum Gasteiger partial charge on any atom is 0.243 e. The number of carbonyl (C=O) groups is 3. The number of likely N-dealkylation sites (tertiary alicyclic amines) is 1. The van der Waals surface area contributed by atoms with Gasteiger partial charge in [-0.05, 0) is 37.5 Å². The highest BCUT2D eigenvalue weighted by Gasteiger charge is 2.50. The van der Waals surface area contributed by atoms with Gasteiger partial charge in [-0.25, -0.2) is 8.42 Å². The third-order valence-corrected chi connectivity index (χ3v) is 8.22. The highest BCUT2D eigenvalue weighted by Crippen LogP contribution is 2.36. The van der Waals surface area contributed by atoms with E-state index in [2.05, 4.69) is 5.32 Å². The normalized spacial score (nSPS) is 25.0. The number of nitrogens with one attached hydrogen (secondary N) is 1. The molecule has 9 nitrogen and oxygen atoms in total. The molecular formula is C22H27N3O6S. The molecule has 1 aromatic carbocycles. The molecule has 10 heteroatoms. The summed E-state index contributed by atoms with van der Waals surface area (Å²) < 4.78 is 32.0. The lowest BCUT2D eigenvalue weighted by Gasteiger charge is -2.26. The number of benzene rings is 1. The lowest BCUT2D eigenvalue weighted by Crippen LogP contribution is -2.48. The van der Waals surface area contributed by atoms with Gasteiger partial charge in [0.05, 0.1) is 29.9 Å². The van der Waals surface area contributed by atoms with E-state index in [1.54, 1.807) is 19.1 Å². The first-order valence-electron chi connectivity index (χ1n) is 10.8. The first-order chi connectivity index (χ1) is 15.3. The summed E-state index contributed by atoms with van der Waals surface area (Å²) in [6.07, 6.45) is 4.87. The smallest absolute Gasteiger partial charge is 0.243 e. The summed E-state index contributed by atoms with van der Waals surface area (Å²) in [5.74, 6) is -1.75. The van der Waals surface area contributed by atoms with Crippen molar-refractivity contribution in [2.45, 2.75) is 37.2 Å². The lowest BCUT2D eigenvalue weighted by atomic mass is 9.85. The van der Waals surface area contributed by atoms with Gasteiger partial charge in [0.1, 0.15) is 6.04 Å². The Kier molecular flexibility index (Phi) is 6.45. The van der Waals surface area contributed by atoms with Crippen LogP contribution in [-0.4, -0.2) is 67.7 Å². The van der Waals surface area contributed by atoms with E-state index in [4.69, 9.17) is 4.74 Å². The van der Waals surface area contributed by atoms with Crippen molar-refractivity contribution in [3.8, 4) is 0 Å². The molecule has 3 aliphatic rings. The molecule has 2 saturated heterocycles. The number of carbonyl (C=O) groups excluding carboxylic acids is 3. The Hall–Kier alpha value is -2.56. The third kappa shape index (κ3) is 4.22. The average Bonchev–Trinajstić information content (AvgIpc) is 3.08. The minimum Gasteiger partial charge on any atom is -0.379 e. The van der Waals surface area contributed by atoms with E-state index in [9.17, 15) is 22.8 Å². The van der Waals surface area contributed by atoms with Crippen molar-refractivity contribution in [1.29, 1.82) is 0 Å². The van der Waals surface area contributed by atoms with Crippen molar-refractivity contribution in [3.05, 3.63) is 42.0 Å². The summed E-state index contributed by atoms with van der Waals surface area (Å²) in [5.41, 5.74) is 0.712. The quantitative estimate of drug-likeness (QED) is 0.492. The van der Waals surface area contributed by atoms with E-state index in [0.717, 1.165) is 4.90 Å². The minimum absolute atomic E-state index is 0.158.